The molecule has 5 N–H and O–H groups in total. The van der Waals surface area contributed by atoms with E-state index in [2.05, 4.69) is 26.8 Å². The first-order valence-corrected chi connectivity index (χ1v) is 6.47. The van der Waals surface area contributed by atoms with E-state index < -0.39 is 0 Å². The summed E-state index contributed by atoms with van der Waals surface area (Å²) in [4.78, 5) is 12.0. The molecule has 0 atom stereocenters. The highest BCUT2D eigenvalue weighted by Crippen LogP contribution is 2.32. The number of pyridine rings is 1. The lowest BCUT2D eigenvalue weighted by atomic mass is 10.1. The largest absolute Gasteiger partial charge is 0.451 e. The Balaban J connectivity index is 2.40. The first-order valence-electron chi connectivity index (χ1n) is 6.47. The number of nitrogens with one attached hydrogen (secondary N) is 1. The molecule has 0 bridgehead atoms. The highest BCUT2D eigenvalue weighted by atomic mass is 16.5. The number of nitrogen functional groups attached to an aromatic ring is 2. The third-order valence-corrected chi connectivity index (χ3v) is 2.71. The van der Waals surface area contributed by atoms with Crippen molar-refractivity contribution < 1.29 is 4.74 Å². The van der Waals surface area contributed by atoms with E-state index >= 15 is 0 Å². The van der Waals surface area contributed by atoms with Gasteiger partial charge in [0.2, 0.25) is 5.95 Å². The zero-order valence-corrected chi connectivity index (χ0v) is 12.1. The number of hydrogen-bond donors (Lipinski definition) is 3. The summed E-state index contributed by atoms with van der Waals surface area (Å²) in [6.07, 6.45) is 3.14. The van der Waals surface area contributed by atoms with E-state index in [0.717, 1.165) is 17.7 Å². The molecular weight excluding hydrogens is 268 g/mol. The lowest BCUT2D eigenvalue weighted by Crippen LogP contribution is -2.03. The minimum atomic E-state index is 0.100. The van der Waals surface area contributed by atoms with Crippen molar-refractivity contribution in [3.8, 4) is 11.5 Å². The molecule has 0 spiro atoms. The quantitative estimate of drug-likeness (QED) is 0.773. The highest BCUT2D eigenvalue weighted by Gasteiger charge is 2.11. The highest BCUT2D eigenvalue weighted by molar-refractivity contribution is 5.69. The summed E-state index contributed by atoms with van der Waals surface area (Å²) < 4.78 is 5.80. The van der Waals surface area contributed by atoms with E-state index in [4.69, 9.17) is 16.2 Å². The van der Waals surface area contributed by atoms with Crippen LogP contribution < -0.4 is 21.5 Å². The molecule has 2 aromatic rings. The number of anilines is 3. The molecule has 7 nitrogen and oxygen atoms in total. The van der Waals surface area contributed by atoms with Gasteiger partial charge in [0.1, 0.15) is 11.6 Å². The number of aromatic nitrogens is 3. The number of allylic oxidation sites excluding steroid dienone is 1. The Morgan fingerprint density at radius 3 is 2.67 bits per heavy atom. The zero-order chi connectivity index (χ0) is 15.4. The van der Waals surface area contributed by atoms with Gasteiger partial charge in [-0.05, 0) is 19.4 Å². The molecule has 0 saturated carbocycles. The minimum absolute atomic E-state index is 0.100. The van der Waals surface area contributed by atoms with Gasteiger partial charge in [0, 0.05) is 24.4 Å². The molecule has 2 heterocycles. The zero-order valence-electron chi connectivity index (χ0n) is 12.1. The number of ether oxygens (including phenoxy) is 1. The molecule has 2 rings (SSSR count). The van der Waals surface area contributed by atoms with Gasteiger partial charge in [-0.15, -0.1) is 0 Å². The van der Waals surface area contributed by atoms with Crippen LogP contribution in [-0.4, -0.2) is 21.5 Å². The van der Waals surface area contributed by atoms with Crippen molar-refractivity contribution in [1.82, 2.24) is 15.0 Å². The second-order valence-corrected chi connectivity index (χ2v) is 4.46. The smallest absolute Gasteiger partial charge is 0.222 e. The Labute approximate surface area is 123 Å². The van der Waals surface area contributed by atoms with E-state index in [-0.39, 0.29) is 11.8 Å². The molecule has 21 heavy (non-hydrogen) atoms. The third kappa shape index (κ3) is 3.38. The van der Waals surface area contributed by atoms with Gasteiger partial charge in [-0.25, -0.2) is 9.97 Å². The lowest BCUT2D eigenvalue weighted by Gasteiger charge is -2.13. The van der Waals surface area contributed by atoms with Crippen LogP contribution in [0.3, 0.4) is 0 Å². The van der Waals surface area contributed by atoms with Crippen molar-refractivity contribution in [3.63, 3.8) is 0 Å². The van der Waals surface area contributed by atoms with Crippen LogP contribution >= 0.6 is 0 Å². The maximum absolute atomic E-state index is 5.80. The Morgan fingerprint density at radius 2 is 2.05 bits per heavy atom. The summed E-state index contributed by atoms with van der Waals surface area (Å²) in [5.74, 6) is 1.89. The molecule has 0 aromatic carbocycles. The SMILES string of the molecule is C=C(C)c1cnc(NCC)cc1Oc1cnc(N)nc1N. The number of rotatable bonds is 5. The molecule has 0 aliphatic rings. The first-order chi connectivity index (χ1) is 10.0. The van der Waals surface area contributed by atoms with Crippen molar-refractivity contribution in [2.24, 2.45) is 0 Å². The molecule has 2 aromatic heterocycles. The van der Waals surface area contributed by atoms with Gasteiger partial charge in [0.15, 0.2) is 11.6 Å². The van der Waals surface area contributed by atoms with Gasteiger partial charge in [-0.3, -0.25) is 0 Å². The van der Waals surface area contributed by atoms with Gasteiger partial charge in [0.25, 0.3) is 0 Å². The Morgan fingerprint density at radius 1 is 1.29 bits per heavy atom. The average Bonchev–Trinajstić information content (AvgIpc) is 2.42. The molecule has 110 valence electrons. The molecule has 0 saturated heterocycles. The predicted octanol–water partition coefficient (Wildman–Crippen LogP) is 2.29. The maximum atomic E-state index is 5.80. The lowest BCUT2D eigenvalue weighted by molar-refractivity contribution is 0.478. The van der Waals surface area contributed by atoms with Crippen LogP contribution in [0.1, 0.15) is 19.4 Å². The fourth-order valence-corrected chi connectivity index (χ4v) is 1.72. The number of nitrogens with zero attached hydrogens (tertiary/aromatic N) is 3. The summed E-state index contributed by atoms with van der Waals surface area (Å²) in [7, 11) is 0. The minimum Gasteiger partial charge on any atom is -0.451 e. The molecule has 0 radical (unpaired) electrons. The van der Waals surface area contributed by atoms with Crippen LogP contribution in [0.25, 0.3) is 5.57 Å². The average molecular weight is 286 g/mol. The molecule has 0 aliphatic carbocycles. The van der Waals surface area contributed by atoms with Crippen LogP contribution in [-0.2, 0) is 0 Å². The third-order valence-electron chi connectivity index (χ3n) is 2.71. The second-order valence-electron chi connectivity index (χ2n) is 4.46. The first kappa shape index (κ1) is 14.6. The standard InChI is InChI=1S/C14H18N6O/c1-4-17-12-5-10(9(6-18-12)8(2)3)21-11-7-19-14(16)20-13(11)15/h5-7H,2,4H2,1,3H3,(H,17,18)(H4,15,16,19,20). The Hall–Kier alpha value is -2.83. The fourth-order valence-electron chi connectivity index (χ4n) is 1.72. The molecule has 0 aliphatic heterocycles. The van der Waals surface area contributed by atoms with Gasteiger partial charge in [-0.2, -0.15) is 4.98 Å². The van der Waals surface area contributed by atoms with E-state index in [1.165, 1.54) is 6.20 Å². The van der Waals surface area contributed by atoms with Crippen molar-refractivity contribution in [2.75, 3.05) is 23.3 Å². The monoisotopic (exact) mass is 286 g/mol. The van der Waals surface area contributed by atoms with Crippen molar-refractivity contribution >= 4 is 23.2 Å². The predicted molar refractivity (Wildman–Crippen MR) is 84.0 cm³/mol. The van der Waals surface area contributed by atoms with Crippen LogP contribution in [0.5, 0.6) is 11.5 Å². The van der Waals surface area contributed by atoms with E-state index in [1.807, 2.05) is 13.8 Å². The fraction of sp³-hybridized carbons (Fsp3) is 0.214. The molecular formula is C14H18N6O. The molecule has 0 unspecified atom stereocenters. The van der Waals surface area contributed by atoms with Gasteiger partial charge in [0.05, 0.1) is 6.20 Å². The molecule has 0 amide bonds. The van der Waals surface area contributed by atoms with Crippen LogP contribution in [0.4, 0.5) is 17.6 Å². The second kappa shape index (κ2) is 6.08. The summed E-state index contributed by atoms with van der Waals surface area (Å²) in [5, 5.41) is 3.12. The summed E-state index contributed by atoms with van der Waals surface area (Å²) in [6, 6.07) is 1.78. The van der Waals surface area contributed by atoms with Crippen LogP contribution in [0, 0.1) is 0 Å². The molecule has 7 heteroatoms. The molecule has 0 fully saturated rings. The van der Waals surface area contributed by atoms with E-state index in [1.54, 1.807) is 12.3 Å². The van der Waals surface area contributed by atoms with Crippen LogP contribution in [0.2, 0.25) is 0 Å². The van der Waals surface area contributed by atoms with E-state index in [9.17, 15) is 0 Å². The van der Waals surface area contributed by atoms with Gasteiger partial charge < -0.3 is 21.5 Å². The number of nitrogens with two attached hydrogens (primary N) is 2. The maximum Gasteiger partial charge on any atom is 0.222 e. The normalized spacial score (nSPS) is 10.2. The topological polar surface area (TPSA) is 112 Å². The van der Waals surface area contributed by atoms with E-state index in [0.29, 0.717) is 17.3 Å². The summed E-state index contributed by atoms with van der Waals surface area (Å²) in [5.41, 5.74) is 12.9. The van der Waals surface area contributed by atoms with Crippen molar-refractivity contribution in [3.05, 3.63) is 30.6 Å². The van der Waals surface area contributed by atoms with Crippen molar-refractivity contribution in [2.45, 2.75) is 13.8 Å². The van der Waals surface area contributed by atoms with Gasteiger partial charge in [-0.1, -0.05) is 6.58 Å². The summed E-state index contributed by atoms with van der Waals surface area (Å²) in [6.45, 7) is 8.53. The summed E-state index contributed by atoms with van der Waals surface area (Å²) >= 11 is 0. The Bertz CT molecular complexity index is 671. The Kier molecular flexibility index (Phi) is 4.22. The van der Waals surface area contributed by atoms with Crippen molar-refractivity contribution in [1.29, 1.82) is 0 Å². The van der Waals surface area contributed by atoms with Gasteiger partial charge >= 0.3 is 0 Å². The van der Waals surface area contributed by atoms with Crippen LogP contribution in [0.15, 0.2) is 25.0 Å². The number of hydrogen-bond acceptors (Lipinski definition) is 7.